The van der Waals surface area contributed by atoms with Gasteiger partial charge in [0.15, 0.2) is 0 Å². The first-order chi connectivity index (χ1) is 10.2. The first-order valence-corrected chi connectivity index (χ1v) is 7.63. The van der Waals surface area contributed by atoms with Crippen molar-refractivity contribution in [2.45, 2.75) is 32.0 Å². The minimum atomic E-state index is -0.272. The van der Waals surface area contributed by atoms with Gasteiger partial charge in [0.2, 0.25) is 0 Å². The summed E-state index contributed by atoms with van der Waals surface area (Å²) in [6, 6.07) is 0. The maximum atomic E-state index is 5.27. The molecule has 0 radical (unpaired) electrons. The van der Waals surface area contributed by atoms with Crippen LogP contribution in [0.3, 0.4) is 0 Å². The average Bonchev–Trinajstić information content (AvgIpc) is 2.77. The normalized spacial score (nSPS) is 30.4. The van der Waals surface area contributed by atoms with Crippen molar-refractivity contribution in [3.05, 3.63) is 36.6 Å². The lowest BCUT2D eigenvalue weighted by Gasteiger charge is -2.42. The van der Waals surface area contributed by atoms with Crippen LogP contribution in [0.1, 0.15) is 20.3 Å². The van der Waals surface area contributed by atoms with Crippen molar-refractivity contribution in [3.63, 3.8) is 0 Å². The number of nitrogens with zero attached hydrogens (tertiary/aromatic N) is 3. The largest absolute Gasteiger partial charge is 0.385 e. The average molecular weight is 285 g/mol. The molecule has 1 aliphatic carbocycles. The molecule has 3 rings (SSSR count). The van der Waals surface area contributed by atoms with E-state index in [-0.39, 0.29) is 11.7 Å². The van der Waals surface area contributed by atoms with Gasteiger partial charge in [0.05, 0.1) is 11.4 Å². The highest BCUT2D eigenvalue weighted by atomic mass is 16.5. The van der Waals surface area contributed by atoms with Crippen molar-refractivity contribution in [1.82, 2.24) is 4.90 Å². The van der Waals surface area contributed by atoms with Crippen LogP contribution in [0.25, 0.3) is 0 Å². The summed E-state index contributed by atoms with van der Waals surface area (Å²) in [5, 5.41) is 0. The maximum absolute atomic E-state index is 5.27. The Morgan fingerprint density at radius 3 is 2.90 bits per heavy atom. The first kappa shape index (κ1) is 14.4. The van der Waals surface area contributed by atoms with Crippen molar-refractivity contribution in [1.29, 1.82) is 0 Å². The van der Waals surface area contributed by atoms with Crippen molar-refractivity contribution >= 4 is 11.4 Å². The van der Waals surface area contributed by atoms with Gasteiger partial charge in [0, 0.05) is 32.9 Å². The molecule has 0 aromatic rings. The topological polar surface area (TPSA) is 37.2 Å². The molecule has 0 aromatic carbocycles. The third-order valence-corrected chi connectivity index (χ3v) is 4.17. The molecule has 2 atom stereocenters. The van der Waals surface area contributed by atoms with Crippen LogP contribution < -0.4 is 0 Å². The summed E-state index contributed by atoms with van der Waals surface area (Å²) >= 11 is 0. The summed E-state index contributed by atoms with van der Waals surface area (Å²) in [6.07, 6.45) is 13.5. The predicted molar refractivity (Wildman–Crippen MR) is 86.8 cm³/mol. The molecule has 2 unspecified atom stereocenters. The Hall–Kier alpha value is -1.52. The second kappa shape index (κ2) is 5.70. The van der Waals surface area contributed by atoms with E-state index in [1.54, 1.807) is 7.11 Å². The van der Waals surface area contributed by atoms with Crippen LogP contribution in [-0.2, 0) is 4.74 Å². The molecule has 0 saturated carbocycles. The molecule has 0 amide bonds. The Morgan fingerprint density at radius 1 is 1.29 bits per heavy atom. The lowest BCUT2D eigenvalue weighted by Crippen LogP contribution is -2.58. The molecule has 0 bridgehead atoms. The van der Waals surface area contributed by atoms with Gasteiger partial charge in [0.1, 0.15) is 11.7 Å². The lowest BCUT2D eigenvalue weighted by atomic mass is 9.81. The predicted octanol–water partition coefficient (Wildman–Crippen LogP) is 2.59. The van der Waals surface area contributed by atoms with E-state index in [4.69, 9.17) is 9.73 Å². The molecule has 0 saturated heterocycles. The monoisotopic (exact) mass is 285 g/mol. The van der Waals surface area contributed by atoms with Crippen LogP contribution in [0.15, 0.2) is 46.6 Å². The molecule has 2 aliphatic heterocycles. The van der Waals surface area contributed by atoms with E-state index in [1.807, 2.05) is 12.3 Å². The van der Waals surface area contributed by atoms with Gasteiger partial charge in [-0.05, 0) is 18.1 Å². The number of rotatable bonds is 5. The Kier molecular flexibility index (Phi) is 3.91. The highest BCUT2D eigenvalue weighted by molar-refractivity contribution is 6.28. The van der Waals surface area contributed by atoms with Crippen LogP contribution in [-0.4, -0.2) is 48.3 Å². The number of hydrogen-bond acceptors (Lipinski definition) is 4. The van der Waals surface area contributed by atoms with Gasteiger partial charge in [-0.3, -0.25) is 14.9 Å². The van der Waals surface area contributed by atoms with E-state index in [0.29, 0.717) is 5.92 Å². The molecule has 4 nitrogen and oxygen atoms in total. The summed E-state index contributed by atoms with van der Waals surface area (Å²) in [4.78, 5) is 12.0. The SMILES string of the molecule is COCCC1N=C2C=CN=C3C=CC=CC32N1CC(C)C. The molecule has 112 valence electrons. The number of methoxy groups -OCH3 is 1. The highest BCUT2D eigenvalue weighted by Gasteiger charge is 2.51. The molecular formula is C17H23N3O. The zero-order valence-corrected chi connectivity index (χ0v) is 13.0. The fraction of sp³-hybridized carbons (Fsp3) is 0.529. The van der Waals surface area contributed by atoms with E-state index in [1.165, 1.54) is 0 Å². The van der Waals surface area contributed by atoms with Gasteiger partial charge in [-0.2, -0.15) is 0 Å². The van der Waals surface area contributed by atoms with E-state index in [9.17, 15) is 0 Å². The van der Waals surface area contributed by atoms with Crippen LogP contribution >= 0.6 is 0 Å². The smallest absolute Gasteiger partial charge is 0.126 e. The minimum absolute atomic E-state index is 0.159. The van der Waals surface area contributed by atoms with Crippen molar-refractivity contribution in [2.75, 3.05) is 20.3 Å². The second-order valence-corrected chi connectivity index (χ2v) is 6.14. The molecule has 0 N–H and O–H groups in total. The molecule has 2 heterocycles. The van der Waals surface area contributed by atoms with E-state index < -0.39 is 0 Å². The number of hydrogen-bond donors (Lipinski definition) is 0. The van der Waals surface area contributed by atoms with Crippen molar-refractivity contribution < 1.29 is 4.74 Å². The molecule has 4 heteroatoms. The minimum Gasteiger partial charge on any atom is -0.385 e. The van der Waals surface area contributed by atoms with E-state index >= 15 is 0 Å². The highest BCUT2D eigenvalue weighted by Crippen LogP contribution is 2.37. The quantitative estimate of drug-likeness (QED) is 0.778. The van der Waals surface area contributed by atoms with Gasteiger partial charge in [-0.15, -0.1) is 0 Å². The number of ether oxygens (including phenoxy) is 1. The van der Waals surface area contributed by atoms with E-state index in [2.05, 4.69) is 48.0 Å². The van der Waals surface area contributed by atoms with Gasteiger partial charge >= 0.3 is 0 Å². The Bertz CT molecular complexity index is 556. The van der Waals surface area contributed by atoms with Gasteiger partial charge in [0.25, 0.3) is 0 Å². The zero-order valence-electron chi connectivity index (χ0n) is 13.0. The van der Waals surface area contributed by atoms with Crippen LogP contribution in [0, 0.1) is 5.92 Å². The molecule has 0 aromatic heterocycles. The molecule has 21 heavy (non-hydrogen) atoms. The summed E-state index contributed by atoms with van der Waals surface area (Å²) in [5.74, 6) is 0.574. The Morgan fingerprint density at radius 2 is 2.14 bits per heavy atom. The van der Waals surface area contributed by atoms with Crippen molar-refractivity contribution in [2.24, 2.45) is 15.9 Å². The van der Waals surface area contributed by atoms with Gasteiger partial charge in [-0.25, -0.2) is 0 Å². The van der Waals surface area contributed by atoms with Crippen molar-refractivity contribution in [3.8, 4) is 0 Å². The second-order valence-electron chi connectivity index (χ2n) is 6.14. The summed E-state index contributed by atoms with van der Waals surface area (Å²) < 4.78 is 5.27. The third kappa shape index (κ3) is 2.32. The third-order valence-electron chi connectivity index (χ3n) is 4.17. The maximum Gasteiger partial charge on any atom is 0.126 e. The molecule has 3 aliphatic rings. The molecular weight excluding hydrogens is 262 g/mol. The first-order valence-electron chi connectivity index (χ1n) is 7.63. The fourth-order valence-corrected chi connectivity index (χ4v) is 3.33. The lowest BCUT2D eigenvalue weighted by molar-refractivity contribution is 0.120. The fourth-order valence-electron chi connectivity index (χ4n) is 3.33. The molecule has 1 spiro atoms. The van der Waals surface area contributed by atoms with Gasteiger partial charge in [-0.1, -0.05) is 32.1 Å². The summed E-state index contributed by atoms with van der Waals surface area (Å²) in [6.45, 7) is 6.22. The zero-order chi connectivity index (χ0) is 14.9. The van der Waals surface area contributed by atoms with E-state index in [0.717, 1.165) is 31.0 Å². The number of aliphatic imine (C=N–C) groups is 2. The van der Waals surface area contributed by atoms with Crippen LogP contribution in [0.2, 0.25) is 0 Å². The molecule has 0 fully saturated rings. The summed E-state index contributed by atoms with van der Waals surface area (Å²) in [7, 11) is 1.75. The standard InChI is InChI=1S/C17H23N3O/c1-13(2)12-20-16(8-11-21-3)19-15-7-10-18-14-6-4-5-9-17(14,15)20/h4-7,9-10,13,16H,8,11-12H2,1-3H3. The Balaban J connectivity index is 2.00. The van der Waals surface area contributed by atoms with Crippen LogP contribution in [0.4, 0.5) is 0 Å². The van der Waals surface area contributed by atoms with Gasteiger partial charge < -0.3 is 4.74 Å². The van der Waals surface area contributed by atoms with Crippen LogP contribution in [0.5, 0.6) is 0 Å². The summed E-state index contributed by atoms with van der Waals surface area (Å²) in [5.41, 5.74) is 1.91. The number of allylic oxidation sites excluding steroid dienone is 2. The Labute approximate surface area is 126 Å².